The number of amides is 1. The van der Waals surface area contributed by atoms with E-state index in [-0.39, 0.29) is 35.0 Å². The van der Waals surface area contributed by atoms with Crippen molar-refractivity contribution in [3.63, 3.8) is 0 Å². The number of hydrogen-bond donors (Lipinski definition) is 2. The summed E-state index contributed by atoms with van der Waals surface area (Å²) in [6.45, 7) is 4.32. The van der Waals surface area contributed by atoms with Gasteiger partial charge < -0.3 is 10.3 Å². The molecule has 3 nitrogen and oxygen atoms in total. The third-order valence-corrected chi connectivity index (χ3v) is 5.88. The number of benzene rings is 2. The molecule has 1 aliphatic rings. The summed E-state index contributed by atoms with van der Waals surface area (Å²) in [5.74, 6) is -0.653. The monoisotopic (exact) mass is 384 g/mol. The maximum absolute atomic E-state index is 13.5. The summed E-state index contributed by atoms with van der Waals surface area (Å²) in [7, 11) is 0. The highest BCUT2D eigenvalue weighted by Crippen LogP contribution is 2.47. The number of aromatic nitrogens is 1. The summed E-state index contributed by atoms with van der Waals surface area (Å²) in [6, 6.07) is 14.6. The van der Waals surface area contributed by atoms with Gasteiger partial charge in [0.15, 0.2) is 0 Å². The highest BCUT2D eigenvalue weighted by atomic mass is 35.5. The Balaban J connectivity index is 1.93. The summed E-state index contributed by atoms with van der Waals surface area (Å²) in [6.07, 6.45) is 0.831. The quantitative estimate of drug-likeness (QED) is 0.629. The predicted octanol–water partition coefficient (Wildman–Crippen LogP) is 4.74. The van der Waals surface area contributed by atoms with E-state index < -0.39 is 0 Å². The number of aromatic amines is 1. The molecule has 0 unspecified atom stereocenters. The number of fused-ring (bicyclic) bond motifs is 3. The van der Waals surface area contributed by atoms with E-state index >= 15 is 0 Å². The molecule has 1 aliphatic carbocycles. The number of nitrogens with one attached hydrogen (secondary N) is 2. The molecule has 0 bridgehead atoms. The fraction of sp³-hybridized carbons (Fsp3) is 0.318. The van der Waals surface area contributed by atoms with Crippen LogP contribution in [0.5, 0.6) is 0 Å². The Kier molecular flexibility index (Phi) is 4.47. The van der Waals surface area contributed by atoms with Crippen LogP contribution in [0.4, 0.5) is 4.39 Å². The Morgan fingerprint density at radius 3 is 2.63 bits per heavy atom. The van der Waals surface area contributed by atoms with Gasteiger partial charge in [0.05, 0.1) is 0 Å². The average molecular weight is 385 g/mol. The van der Waals surface area contributed by atoms with Crippen molar-refractivity contribution >= 4 is 28.4 Å². The topological polar surface area (TPSA) is 44.9 Å². The molecule has 0 saturated carbocycles. The van der Waals surface area contributed by atoms with Crippen LogP contribution < -0.4 is 5.32 Å². The van der Waals surface area contributed by atoms with Crippen LogP contribution in [-0.4, -0.2) is 22.8 Å². The normalized spacial score (nSPS) is 21.0. The van der Waals surface area contributed by atoms with Gasteiger partial charge in [0.25, 0.3) is 0 Å². The molecule has 2 aromatic carbocycles. The van der Waals surface area contributed by atoms with Gasteiger partial charge in [0, 0.05) is 28.6 Å². The highest BCUT2D eigenvalue weighted by molar-refractivity contribution is 6.27. The van der Waals surface area contributed by atoms with Crippen LogP contribution in [0.1, 0.15) is 36.6 Å². The number of para-hydroxylation sites is 1. The second-order valence-corrected chi connectivity index (χ2v) is 8.20. The van der Waals surface area contributed by atoms with E-state index in [0.29, 0.717) is 0 Å². The number of carbonyl (C=O) groups is 1. The van der Waals surface area contributed by atoms with Gasteiger partial charge in [0.2, 0.25) is 5.91 Å². The van der Waals surface area contributed by atoms with Crippen molar-refractivity contribution in [3.05, 3.63) is 71.2 Å². The predicted molar refractivity (Wildman–Crippen MR) is 107 cm³/mol. The van der Waals surface area contributed by atoms with Crippen molar-refractivity contribution < 1.29 is 9.18 Å². The Bertz CT molecular complexity index is 993. The van der Waals surface area contributed by atoms with Gasteiger partial charge in [-0.25, -0.2) is 4.39 Å². The molecule has 2 atom stereocenters. The van der Waals surface area contributed by atoms with Gasteiger partial charge >= 0.3 is 0 Å². The third-order valence-electron chi connectivity index (χ3n) is 5.63. The molecule has 0 spiro atoms. The first kappa shape index (κ1) is 18.1. The first-order chi connectivity index (χ1) is 12.9. The van der Waals surface area contributed by atoms with Crippen LogP contribution in [0.15, 0.2) is 48.5 Å². The number of carbonyl (C=O) groups excluding carboxylic acids is 1. The van der Waals surface area contributed by atoms with Gasteiger partial charge in [0.1, 0.15) is 11.7 Å². The molecule has 3 aromatic rings. The number of hydrogen-bond acceptors (Lipinski definition) is 1. The lowest BCUT2D eigenvalue weighted by Crippen LogP contribution is -2.52. The third kappa shape index (κ3) is 3.12. The van der Waals surface area contributed by atoms with E-state index in [9.17, 15) is 9.18 Å². The zero-order valence-electron chi connectivity index (χ0n) is 15.4. The van der Waals surface area contributed by atoms with Crippen molar-refractivity contribution in [1.82, 2.24) is 10.3 Å². The van der Waals surface area contributed by atoms with E-state index in [1.807, 2.05) is 12.1 Å². The number of rotatable bonds is 3. The minimum absolute atomic E-state index is 0.0811. The number of H-pyrrole nitrogens is 1. The second-order valence-electron chi connectivity index (χ2n) is 7.94. The van der Waals surface area contributed by atoms with Crippen molar-refractivity contribution in [2.45, 2.75) is 32.2 Å². The van der Waals surface area contributed by atoms with E-state index in [1.54, 1.807) is 12.1 Å². The lowest BCUT2D eigenvalue weighted by Gasteiger charge is -2.44. The molecule has 5 heteroatoms. The van der Waals surface area contributed by atoms with Gasteiger partial charge in [-0.2, -0.15) is 0 Å². The molecule has 1 amide bonds. The zero-order valence-corrected chi connectivity index (χ0v) is 16.1. The standard InChI is InChI=1S/C22H22ClFN2O/c1-22(2)11-16-15-5-3-4-6-17(15)25-20(16)19(21(22)26-18(27)12-23)13-7-9-14(24)10-8-13/h3-10,19,21,25H,11-12H2,1-2H3,(H,26,27)/t19-,21+/m0/s1. The molecular weight excluding hydrogens is 363 g/mol. The van der Waals surface area contributed by atoms with Crippen LogP contribution in [0, 0.1) is 11.2 Å². The first-order valence-corrected chi connectivity index (χ1v) is 9.64. The fourth-order valence-corrected chi connectivity index (χ4v) is 4.46. The Morgan fingerprint density at radius 2 is 1.93 bits per heavy atom. The average Bonchev–Trinajstić information content (AvgIpc) is 3.00. The molecule has 1 aromatic heterocycles. The second kappa shape index (κ2) is 6.68. The lowest BCUT2D eigenvalue weighted by molar-refractivity contribution is -0.120. The summed E-state index contributed by atoms with van der Waals surface area (Å²) in [5.41, 5.74) is 4.20. The zero-order chi connectivity index (χ0) is 19.2. The van der Waals surface area contributed by atoms with Gasteiger partial charge in [-0.05, 0) is 41.2 Å². The SMILES string of the molecule is CC1(C)Cc2c([nH]c3ccccc23)[C@H](c2ccc(F)cc2)[C@H]1NC(=O)CCl. The molecular formula is C22H22ClFN2O. The Labute approximate surface area is 162 Å². The number of alkyl halides is 1. The summed E-state index contributed by atoms with van der Waals surface area (Å²) in [4.78, 5) is 15.7. The van der Waals surface area contributed by atoms with Gasteiger partial charge in [-0.1, -0.05) is 44.2 Å². The summed E-state index contributed by atoms with van der Waals surface area (Å²) in [5, 5.41) is 4.33. The van der Waals surface area contributed by atoms with Crippen LogP contribution in [-0.2, 0) is 11.2 Å². The number of halogens is 2. The smallest absolute Gasteiger partial charge is 0.235 e. The molecule has 0 radical (unpaired) electrons. The summed E-state index contributed by atoms with van der Waals surface area (Å²) >= 11 is 5.77. The van der Waals surface area contributed by atoms with E-state index in [2.05, 4.69) is 36.3 Å². The van der Waals surface area contributed by atoms with Crippen LogP contribution in [0.25, 0.3) is 10.9 Å². The maximum Gasteiger partial charge on any atom is 0.235 e. The van der Waals surface area contributed by atoms with Crippen LogP contribution >= 0.6 is 11.6 Å². The van der Waals surface area contributed by atoms with Crippen molar-refractivity contribution in [2.24, 2.45) is 5.41 Å². The molecule has 27 heavy (non-hydrogen) atoms. The van der Waals surface area contributed by atoms with Crippen molar-refractivity contribution in [1.29, 1.82) is 0 Å². The van der Waals surface area contributed by atoms with E-state index in [4.69, 9.17) is 11.6 Å². The highest BCUT2D eigenvalue weighted by Gasteiger charge is 2.44. The van der Waals surface area contributed by atoms with Crippen LogP contribution in [0.2, 0.25) is 0 Å². The maximum atomic E-state index is 13.5. The molecule has 140 valence electrons. The van der Waals surface area contributed by atoms with Crippen molar-refractivity contribution in [3.8, 4) is 0 Å². The van der Waals surface area contributed by atoms with Crippen molar-refractivity contribution in [2.75, 3.05) is 5.88 Å². The molecule has 2 N–H and O–H groups in total. The molecule has 1 heterocycles. The van der Waals surface area contributed by atoms with Gasteiger partial charge in [-0.15, -0.1) is 11.6 Å². The minimum Gasteiger partial charge on any atom is -0.358 e. The summed E-state index contributed by atoms with van der Waals surface area (Å²) < 4.78 is 13.5. The molecule has 0 fully saturated rings. The molecule has 4 rings (SSSR count). The molecule has 0 saturated heterocycles. The van der Waals surface area contributed by atoms with Crippen LogP contribution in [0.3, 0.4) is 0 Å². The minimum atomic E-state index is -0.271. The lowest BCUT2D eigenvalue weighted by atomic mass is 9.65. The Morgan fingerprint density at radius 1 is 1.22 bits per heavy atom. The Hall–Kier alpha value is -2.33. The molecule has 0 aliphatic heterocycles. The van der Waals surface area contributed by atoms with E-state index in [0.717, 1.165) is 23.2 Å². The first-order valence-electron chi connectivity index (χ1n) is 9.11. The fourth-order valence-electron chi connectivity index (χ4n) is 4.38. The van der Waals surface area contributed by atoms with Gasteiger partial charge in [-0.3, -0.25) is 4.79 Å². The van der Waals surface area contributed by atoms with E-state index in [1.165, 1.54) is 23.1 Å². The largest absolute Gasteiger partial charge is 0.358 e.